The van der Waals surface area contributed by atoms with Crippen LogP contribution in [0.2, 0.25) is 0 Å². The molecule has 2 N–H and O–H groups in total. The number of rotatable bonds is 4. The lowest BCUT2D eigenvalue weighted by atomic mass is 9.81. The van der Waals surface area contributed by atoms with E-state index in [1.54, 1.807) is 0 Å². The van der Waals surface area contributed by atoms with Crippen LogP contribution in [0, 0.1) is 23.7 Å². The van der Waals surface area contributed by atoms with Crippen LogP contribution in [0.3, 0.4) is 0 Å². The molecule has 0 spiro atoms. The highest BCUT2D eigenvalue weighted by Gasteiger charge is 2.18. The molecule has 21 heavy (non-hydrogen) atoms. The molecular weight excluding hydrogens is 282 g/mol. The van der Waals surface area contributed by atoms with Gasteiger partial charge in [0.2, 0.25) is 0 Å². The van der Waals surface area contributed by atoms with E-state index in [1.165, 1.54) is 37.0 Å². The molecule has 114 valence electrons. The van der Waals surface area contributed by atoms with Crippen molar-refractivity contribution in [2.45, 2.75) is 39.0 Å². The van der Waals surface area contributed by atoms with Crippen molar-refractivity contribution >= 4 is 17.2 Å². The number of amides is 1. The number of hydrogen-bond donors (Lipinski definition) is 2. The molecule has 0 atom stereocenters. The predicted molar refractivity (Wildman–Crippen MR) is 86.4 cm³/mol. The zero-order valence-corrected chi connectivity index (χ0v) is 13.3. The summed E-state index contributed by atoms with van der Waals surface area (Å²) in [5, 5.41) is 13.6. The Kier molecular flexibility index (Phi) is 6.28. The Labute approximate surface area is 130 Å². The topological polar surface area (TPSA) is 49.3 Å². The minimum absolute atomic E-state index is 0.0450. The van der Waals surface area contributed by atoms with Crippen molar-refractivity contribution in [1.82, 2.24) is 5.32 Å². The first-order valence-corrected chi connectivity index (χ1v) is 8.54. The van der Waals surface area contributed by atoms with E-state index in [0.717, 1.165) is 24.8 Å². The van der Waals surface area contributed by atoms with Crippen LogP contribution < -0.4 is 5.32 Å². The largest absolute Gasteiger partial charge is 0.384 e. The second-order valence-corrected chi connectivity index (χ2v) is 6.71. The third-order valence-electron chi connectivity index (χ3n) is 4.15. The van der Waals surface area contributed by atoms with E-state index in [0.29, 0.717) is 10.4 Å². The molecule has 1 aliphatic rings. The molecule has 0 unspecified atom stereocenters. The van der Waals surface area contributed by atoms with E-state index in [4.69, 9.17) is 5.11 Å². The quantitative estimate of drug-likeness (QED) is 0.840. The first-order chi connectivity index (χ1) is 10.2. The van der Waals surface area contributed by atoms with Crippen LogP contribution in [0.15, 0.2) is 11.4 Å². The fourth-order valence-corrected chi connectivity index (χ4v) is 3.57. The standard InChI is InChI=1S/C17H23NO2S/c1-13-4-6-14(7-5-13)8-10-18-17(20)16-15(3-2-11-19)9-12-21-16/h9,12-14,19H,4-8,10-11H2,1H3,(H,18,20). The maximum atomic E-state index is 12.2. The Balaban J connectivity index is 1.78. The lowest BCUT2D eigenvalue weighted by Crippen LogP contribution is -2.26. The van der Waals surface area contributed by atoms with Gasteiger partial charge < -0.3 is 10.4 Å². The summed E-state index contributed by atoms with van der Waals surface area (Å²) < 4.78 is 0. The van der Waals surface area contributed by atoms with Crippen molar-refractivity contribution in [3.8, 4) is 11.8 Å². The summed E-state index contributed by atoms with van der Waals surface area (Å²) in [7, 11) is 0. The highest BCUT2D eigenvalue weighted by atomic mass is 32.1. The smallest absolute Gasteiger partial charge is 0.262 e. The zero-order valence-electron chi connectivity index (χ0n) is 12.5. The van der Waals surface area contributed by atoms with Gasteiger partial charge in [0.15, 0.2) is 0 Å². The van der Waals surface area contributed by atoms with Gasteiger partial charge in [-0.3, -0.25) is 4.79 Å². The number of thiophene rings is 1. The average molecular weight is 305 g/mol. The molecule has 1 saturated carbocycles. The minimum Gasteiger partial charge on any atom is -0.384 e. The maximum Gasteiger partial charge on any atom is 0.262 e. The summed E-state index contributed by atoms with van der Waals surface area (Å²) in [6.45, 7) is 2.88. The van der Waals surface area contributed by atoms with Crippen molar-refractivity contribution in [2.24, 2.45) is 11.8 Å². The number of carbonyl (C=O) groups is 1. The molecule has 0 saturated heterocycles. The molecule has 1 heterocycles. The Morgan fingerprint density at radius 1 is 1.43 bits per heavy atom. The van der Waals surface area contributed by atoms with Gasteiger partial charge >= 0.3 is 0 Å². The Morgan fingerprint density at radius 3 is 2.90 bits per heavy atom. The molecule has 0 radical (unpaired) electrons. The van der Waals surface area contributed by atoms with Crippen molar-refractivity contribution in [1.29, 1.82) is 0 Å². The molecular formula is C17H23NO2S. The van der Waals surface area contributed by atoms with Crippen LogP contribution in [-0.2, 0) is 0 Å². The molecule has 0 bridgehead atoms. The molecule has 4 heteroatoms. The van der Waals surface area contributed by atoms with Gasteiger partial charge in [-0.15, -0.1) is 11.3 Å². The van der Waals surface area contributed by atoms with Crippen LogP contribution in [-0.4, -0.2) is 24.2 Å². The van der Waals surface area contributed by atoms with Crippen molar-refractivity contribution < 1.29 is 9.90 Å². The van der Waals surface area contributed by atoms with Gasteiger partial charge in [-0.05, 0) is 29.7 Å². The van der Waals surface area contributed by atoms with Gasteiger partial charge in [-0.25, -0.2) is 0 Å². The summed E-state index contributed by atoms with van der Waals surface area (Å²) in [6.07, 6.45) is 6.31. The highest BCUT2D eigenvalue weighted by Crippen LogP contribution is 2.30. The summed E-state index contributed by atoms with van der Waals surface area (Å²) in [6, 6.07) is 1.82. The fourth-order valence-electron chi connectivity index (χ4n) is 2.81. The zero-order chi connectivity index (χ0) is 15.1. The van der Waals surface area contributed by atoms with Gasteiger partial charge in [-0.2, -0.15) is 0 Å². The molecule has 2 rings (SSSR count). The van der Waals surface area contributed by atoms with Crippen LogP contribution in [0.1, 0.15) is 54.3 Å². The molecule has 0 aliphatic heterocycles. The van der Waals surface area contributed by atoms with E-state index < -0.39 is 0 Å². The van der Waals surface area contributed by atoms with Crippen LogP contribution in [0.4, 0.5) is 0 Å². The summed E-state index contributed by atoms with van der Waals surface area (Å²) in [4.78, 5) is 12.8. The Bertz CT molecular complexity index is 518. The number of aliphatic hydroxyl groups excluding tert-OH is 1. The predicted octanol–water partition coefficient (Wildman–Crippen LogP) is 3.04. The molecule has 1 amide bonds. The Hall–Kier alpha value is -1.31. The highest BCUT2D eigenvalue weighted by molar-refractivity contribution is 7.12. The van der Waals surface area contributed by atoms with Gasteiger partial charge in [0, 0.05) is 12.1 Å². The van der Waals surface area contributed by atoms with E-state index >= 15 is 0 Å². The molecule has 1 fully saturated rings. The van der Waals surface area contributed by atoms with Gasteiger partial charge in [0.25, 0.3) is 5.91 Å². The lowest BCUT2D eigenvalue weighted by molar-refractivity contribution is 0.0953. The summed E-state index contributed by atoms with van der Waals surface area (Å²) in [5.74, 6) is 7.00. The first kappa shape index (κ1) is 16.1. The second kappa shape index (κ2) is 8.21. The Morgan fingerprint density at radius 2 is 2.19 bits per heavy atom. The van der Waals surface area contributed by atoms with E-state index in [2.05, 4.69) is 24.1 Å². The van der Waals surface area contributed by atoms with Crippen LogP contribution in [0.5, 0.6) is 0 Å². The average Bonchev–Trinajstić information content (AvgIpc) is 2.95. The molecule has 0 aromatic carbocycles. The number of aliphatic hydroxyl groups is 1. The molecule has 1 aliphatic carbocycles. The lowest BCUT2D eigenvalue weighted by Gasteiger charge is -2.26. The number of carbonyl (C=O) groups excluding carboxylic acids is 1. The van der Waals surface area contributed by atoms with Gasteiger partial charge in [0.1, 0.15) is 11.5 Å². The number of hydrogen-bond acceptors (Lipinski definition) is 3. The van der Waals surface area contributed by atoms with Crippen molar-refractivity contribution in [2.75, 3.05) is 13.2 Å². The van der Waals surface area contributed by atoms with Crippen molar-refractivity contribution in [3.05, 3.63) is 21.9 Å². The maximum absolute atomic E-state index is 12.2. The third kappa shape index (κ3) is 4.87. The van der Waals surface area contributed by atoms with Gasteiger partial charge in [0.05, 0.1) is 0 Å². The second-order valence-electron chi connectivity index (χ2n) is 5.79. The van der Waals surface area contributed by atoms with E-state index in [1.807, 2.05) is 11.4 Å². The molecule has 1 aromatic heterocycles. The normalized spacial score (nSPS) is 21.4. The monoisotopic (exact) mass is 305 g/mol. The third-order valence-corrected chi connectivity index (χ3v) is 5.06. The van der Waals surface area contributed by atoms with E-state index in [-0.39, 0.29) is 12.5 Å². The summed E-state index contributed by atoms with van der Waals surface area (Å²) in [5.41, 5.74) is 0.707. The molecule has 1 aromatic rings. The van der Waals surface area contributed by atoms with Gasteiger partial charge in [-0.1, -0.05) is 44.4 Å². The first-order valence-electron chi connectivity index (χ1n) is 7.66. The SMILES string of the molecule is CC1CCC(CCNC(=O)c2sccc2C#CCO)CC1. The van der Waals surface area contributed by atoms with Crippen LogP contribution in [0.25, 0.3) is 0 Å². The van der Waals surface area contributed by atoms with Crippen molar-refractivity contribution in [3.63, 3.8) is 0 Å². The number of nitrogens with one attached hydrogen (secondary N) is 1. The minimum atomic E-state index is -0.184. The van der Waals surface area contributed by atoms with Crippen LogP contribution >= 0.6 is 11.3 Å². The summed E-state index contributed by atoms with van der Waals surface area (Å²) >= 11 is 1.40. The molecule has 3 nitrogen and oxygen atoms in total. The van der Waals surface area contributed by atoms with E-state index in [9.17, 15) is 4.79 Å². The fraction of sp³-hybridized carbons (Fsp3) is 0.588.